The van der Waals surface area contributed by atoms with Gasteiger partial charge < -0.3 is 9.72 Å². The zero-order valence-corrected chi connectivity index (χ0v) is 12.9. The average molecular weight is 297 g/mol. The lowest BCUT2D eigenvalue weighted by atomic mass is 10.00. The number of rotatable bonds is 4. The number of imidazole rings is 1. The van der Waals surface area contributed by atoms with E-state index in [4.69, 9.17) is 4.74 Å². The molecule has 4 rings (SSSR count). The summed E-state index contributed by atoms with van der Waals surface area (Å²) in [5, 5.41) is 0. The Hall–Kier alpha value is -1.81. The maximum atomic E-state index is 5.59. The molecule has 22 heavy (non-hydrogen) atoms. The number of hydrogen-bond donors (Lipinski definition) is 1. The molecule has 0 aliphatic carbocycles. The average Bonchev–Trinajstić information content (AvgIpc) is 3.24. The molecule has 1 aromatic carbocycles. The molecule has 1 saturated heterocycles. The smallest absolute Gasteiger partial charge is 0.123 e. The topological polar surface area (TPSA) is 41.2 Å². The van der Waals surface area contributed by atoms with Crippen molar-refractivity contribution in [2.45, 2.75) is 38.1 Å². The molecule has 2 aromatic rings. The Labute approximate surface area is 131 Å². The minimum absolute atomic E-state index is 0.460. The van der Waals surface area contributed by atoms with Crippen LogP contribution in [0.5, 0.6) is 5.75 Å². The Bertz CT molecular complexity index is 623. The fraction of sp³-hybridized carbons (Fsp3) is 0.500. The minimum Gasteiger partial charge on any atom is -0.493 e. The predicted octanol–water partition coefficient (Wildman–Crippen LogP) is 3.11. The second-order valence-electron chi connectivity index (χ2n) is 6.31. The summed E-state index contributed by atoms with van der Waals surface area (Å²) >= 11 is 0. The first-order valence-corrected chi connectivity index (χ1v) is 8.38. The molecule has 0 amide bonds. The molecule has 0 radical (unpaired) electrons. The van der Waals surface area contributed by atoms with Crippen LogP contribution in [-0.4, -0.2) is 34.6 Å². The molecule has 2 aliphatic heterocycles. The third-order valence-electron chi connectivity index (χ3n) is 4.89. The van der Waals surface area contributed by atoms with Gasteiger partial charge in [0.25, 0.3) is 0 Å². The molecule has 1 unspecified atom stereocenters. The Morgan fingerprint density at radius 3 is 3.23 bits per heavy atom. The third-order valence-corrected chi connectivity index (χ3v) is 4.89. The molecule has 4 heteroatoms. The molecule has 116 valence electrons. The highest BCUT2D eigenvalue weighted by atomic mass is 16.5. The van der Waals surface area contributed by atoms with Crippen LogP contribution in [0.25, 0.3) is 0 Å². The number of hydrogen-bond acceptors (Lipinski definition) is 3. The molecule has 0 bridgehead atoms. The van der Waals surface area contributed by atoms with Gasteiger partial charge in [0.15, 0.2) is 0 Å². The van der Waals surface area contributed by atoms with Crippen molar-refractivity contribution in [1.29, 1.82) is 0 Å². The number of benzene rings is 1. The van der Waals surface area contributed by atoms with Crippen LogP contribution in [0.3, 0.4) is 0 Å². The summed E-state index contributed by atoms with van der Waals surface area (Å²) in [6.07, 6.45) is 9.77. The van der Waals surface area contributed by atoms with Gasteiger partial charge in [-0.1, -0.05) is 18.6 Å². The van der Waals surface area contributed by atoms with Gasteiger partial charge in [-0.15, -0.1) is 0 Å². The third kappa shape index (κ3) is 2.75. The van der Waals surface area contributed by atoms with E-state index in [9.17, 15) is 0 Å². The second-order valence-corrected chi connectivity index (χ2v) is 6.31. The van der Waals surface area contributed by atoms with Crippen LogP contribution in [0.15, 0.2) is 30.6 Å². The maximum Gasteiger partial charge on any atom is 0.123 e. The van der Waals surface area contributed by atoms with Crippen LogP contribution < -0.4 is 4.74 Å². The summed E-state index contributed by atoms with van der Waals surface area (Å²) in [5.74, 6) is 2.21. The molecule has 2 aliphatic rings. The Kier molecular flexibility index (Phi) is 3.85. The number of nitrogens with one attached hydrogen (secondary N) is 1. The summed E-state index contributed by atoms with van der Waals surface area (Å²) in [6.45, 7) is 3.12. The fourth-order valence-corrected chi connectivity index (χ4v) is 3.70. The summed E-state index contributed by atoms with van der Waals surface area (Å²) in [7, 11) is 0. The van der Waals surface area contributed by atoms with Crippen LogP contribution in [0.4, 0.5) is 0 Å². The maximum absolute atomic E-state index is 5.59. The van der Waals surface area contributed by atoms with E-state index >= 15 is 0 Å². The number of ether oxygens (including phenoxy) is 1. The SMILES string of the molecule is c1c[nH]c(C2CCCCN2CCc2ccc3c(c2)CCO3)n1. The number of aromatic nitrogens is 2. The van der Waals surface area contributed by atoms with Crippen molar-refractivity contribution in [3.8, 4) is 5.75 Å². The van der Waals surface area contributed by atoms with Gasteiger partial charge in [0.2, 0.25) is 0 Å². The van der Waals surface area contributed by atoms with Crippen LogP contribution in [0.1, 0.15) is 42.3 Å². The number of H-pyrrole nitrogens is 1. The standard InChI is InChI=1S/C18H23N3O/c1-2-10-21(16(3-1)18-19-8-9-20-18)11-6-14-4-5-17-15(13-14)7-12-22-17/h4-5,8-9,13,16H,1-3,6-7,10-12H2,(H,19,20). The van der Waals surface area contributed by atoms with Gasteiger partial charge in [0, 0.05) is 25.4 Å². The largest absolute Gasteiger partial charge is 0.493 e. The van der Waals surface area contributed by atoms with E-state index < -0.39 is 0 Å². The molecule has 0 saturated carbocycles. The lowest BCUT2D eigenvalue weighted by molar-refractivity contribution is 0.144. The number of aromatic amines is 1. The van der Waals surface area contributed by atoms with E-state index in [1.807, 2.05) is 12.4 Å². The summed E-state index contributed by atoms with van der Waals surface area (Å²) < 4.78 is 5.59. The number of piperidine rings is 1. The molecular weight excluding hydrogens is 274 g/mol. The van der Waals surface area contributed by atoms with E-state index in [0.717, 1.165) is 37.6 Å². The van der Waals surface area contributed by atoms with E-state index in [0.29, 0.717) is 6.04 Å². The van der Waals surface area contributed by atoms with E-state index in [1.54, 1.807) is 0 Å². The number of likely N-dealkylation sites (tertiary alicyclic amines) is 1. The van der Waals surface area contributed by atoms with Crippen molar-refractivity contribution in [2.75, 3.05) is 19.7 Å². The summed E-state index contributed by atoms with van der Waals surface area (Å²) in [6, 6.07) is 7.14. The van der Waals surface area contributed by atoms with Gasteiger partial charge >= 0.3 is 0 Å². The first kappa shape index (κ1) is 13.8. The van der Waals surface area contributed by atoms with Crippen molar-refractivity contribution in [1.82, 2.24) is 14.9 Å². The number of nitrogens with zero attached hydrogens (tertiary/aromatic N) is 2. The second kappa shape index (κ2) is 6.13. The van der Waals surface area contributed by atoms with E-state index in [-0.39, 0.29) is 0 Å². The first-order valence-electron chi connectivity index (χ1n) is 8.38. The summed E-state index contributed by atoms with van der Waals surface area (Å²) in [5.41, 5.74) is 2.80. The molecular formula is C18H23N3O. The van der Waals surface area contributed by atoms with Gasteiger partial charge in [-0.25, -0.2) is 4.98 Å². The van der Waals surface area contributed by atoms with Gasteiger partial charge in [0.1, 0.15) is 11.6 Å². The molecule has 4 nitrogen and oxygen atoms in total. The molecule has 1 atom stereocenters. The van der Waals surface area contributed by atoms with Crippen LogP contribution in [0.2, 0.25) is 0 Å². The fourth-order valence-electron chi connectivity index (χ4n) is 3.70. The van der Waals surface area contributed by atoms with E-state index in [1.165, 1.54) is 36.9 Å². The van der Waals surface area contributed by atoms with Gasteiger partial charge in [-0.2, -0.15) is 0 Å². The van der Waals surface area contributed by atoms with E-state index in [2.05, 4.69) is 33.1 Å². The summed E-state index contributed by atoms with van der Waals surface area (Å²) in [4.78, 5) is 10.4. The molecule has 1 fully saturated rings. The molecule has 1 N–H and O–H groups in total. The van der Waals surface area contributed by atoms with Crippen molar-refractivity contribution >= 4 is 0 Å². The van der Waals surface area contributed by atoms with Crippen LogP contribution in [0, 0.1) is 0 Å². The van der Waals surface area contributed by atoms with Gasteiger partial charge in [0.05, 0.1) is 12.6 Å². The van der Waals surface area contributed by atoms with Crippen LogP contribution in [-0.2, 0) is 12.8 Å². The molecule has 3 heterocycles. The zero-order chi connectivity index (χ0) is 14.8. The molecule has 0 spiro atoms. The van der Waals surface area contributed by atoms with Crippen molar-refractivity contribution in [3.05, 3.63) is 47.5 Å². The zero-order valence-electron chi connectivity index (χ0n) is 12.9. The quantitative estimate of drug-likeness (QED) is 0.942. The lowest BCUT2D eigenvalue weighted by Crippen LogP contribution is -2.35. The van der Waals surface area contributed by atoms with Crippen LogP contribution >= 0.6 is 0 Å². The van der Waals surface area contributed by atoms with Crippen molar-refractivity contribution < 1.29 is 4.74 Å². The van der Waals surface area contributed by atoms with Crippen molar-refractivity contribution in [3.63, 3.8) is 0 Å². The number of fused-ring (bicyclic) bond motifs is 1. The Balaban J connectivity index is 1.43. The Morgan fingerprint density at radius 1 is 1.32 bits per heavy atom. The van der Waals surface area contributed by atoms with Crippen molar-refractivity contribution in [2.24, 2.45) is 0 Å². The monoisotopic (exact) mass is 297 g/mol. The highest BCUT2D eigenvalue weighted by Gasteiger charge is 2.25. The Morgan fingerprint density at radius 2 is 2.32 bits per heavy atom. The van der Waals surface area contributed by atoms with Gasteiger partial charge in [-0.05, 0) is 43.0 Å². The van der Waals surface area contributed by atoms with Gasteiger partial charge in [-0.3, -0.25) is 4.90 Å². The lowest BCUT2D eigenvalue weighted by Gasteiger charge is -2.34. The first-order chi connectivity index (χ1) is 10.9. The minimum atomic E-state index is 0.460. The highest BCUT2D eigenvalue weighted by molar-refractivity contribution is 5.39. The predicted molar refractivity (Wildman–Crippen MR) is 86.1 cm³/mol. The molecule has 1 aromatic heterocycles. The highest BCUT2D eigenvalue weighted by Crippen LogP contribution is 2.30. The normalized spacial score (nSPS) is 21.5.